The van der Waals surface area contributed by atoms with Crippen molar-refractivity contribution in [2.75, 3.05) is 0 Å². The molecule has 5 nitrogen and oxygen atoms in total. The van der Waals surface area contributed by atoms with Gasteiger partial charge in [0.25, 0.3) is 11.8 Å². The Morgan fingerprint density at radius 1 is 1.00 bits per heavy atom. The number of benzene rings is 1. The van der Waals surface area contributed by atoms with Crippen molar-refractivity contribution < 1.29 is 14.4 Å². The van der Waals surface area contributed by atoms with Gasteiger partial charge in [-0.15, -0.1) is 0 Å². The number of rotatable bonds is 3. The molecule has 5 heteroatoms. The van der Waals surface area contributed by atoms with E-state index < -0.39 is 0 Å². The third-order valence-corrected chi connectivity index (χ3v) is 6.11. The monoisotopic (exact) mass is 322 g/mol. The van der Waals surface area contributed by atoms with Crippen LogP contribution in [0, 0.1) is 35.5 Å². The molecule has 1 saturated heterocycles. The normalized spacial score (nSPS) is 38.1. The maximum absolute atomic E-state index is 12.7. The van der Waals surface area contributed by atoms with E-state index in [4.69, 9.17) is 0 Å². The molecular weight excluding hydrogens is 304 g/mol. The van der Waals surface area contributed by atoms with Gasteiger partial charge in [0.2, 0.25) is 5.91 Å². The minimum Gasteiger partial charge on any atom is -0.273 e. The molecule has 0 unspecified atom stereocenters. The lowest BCUT2D eigenvalue weighted by atomic mass is 9.63. The average Bonchev–Trinajstić information content (AvgIpc) is 3.37. The van der Waals surface area contributed by atoms with Gasteiger partial charge in [0.15, 0.2) is 0 Å². The van der Waals surface area contributed by atoms with Gasteiger partial charge in [-0.3, -0.25) is 19.8 Å². The molecule has 2 saturated carbocycles. The van der Waals surface area contributed by atoms with E-state index in [2.05, 4.69) is 17.6 Å². The largest absolute Gasteiger partial charge is 0.273 e. The first-order valence-corrected chi connectivity index (χ1v) is 8.54. The van der Waals surface area contributed by atoms with E-state index in [0.29, 0.717) is 11.8 Å². The summed E-state index contributed by atoms with van der Waals surface area (Å²) in [6.45, 7) is 0. The summed E-state index contributed by atoms with van der Waals surface area (Å²) in [5.74, 6) is 0.173. The lowest BCUT2D eigenvalue weighted by Crippen LogP contribution is -2.47. The molecule has 1 aromatic carbocycles. The first-order valence-electron chi connectivity index (χ1n) is 8.54. The van der Waals surface area contributed by atoms with Gasteiger partial charge in [-0.2, -0.15) is 5.01 Å². The molecule has 3 amide bonds. The molecule has 0 aromatic heterocycles. The van der Waals surface area contributed by atoms with Crippen LogP contribution in [0.4, 0.5) is 0 Å². The third kappa shape index (κ3) is 1.84. The molecule has 6 rings (SSSR count). The molecule has 0 radical (unpaired) electrons. The number of nitrogens with one attached hydrogen (secondary N) is 1. The van der Waals surface area contributed by atoms with Crippen molar-refractivity contribution >= 4 is 17.7 Å². The third-order valence-electron chi connectivity index (χ3n) is 6.11. The fraction of sp³-hybridized carbons (Fsp3) is 0.421. The van der Waals surface area contributed by atoms with Gasteiger partial charge in [-0.25, -0.2) is 0 Å². The summed E-state index contributed by atoms with van der Waals surface area (Å²) >= 11 is 0. The highest BCUT2D eigenvalue weighted by molar-refractivity contribution is 6.07. The fourth-order valence-corrected chi connectivity index (χ4v) is 5.01. The highest BCUT2D eigenvalue weighted by atomic mass is 16.2. The van der Waals surface area contributed by atoms with Crippen LogP contribution in [-0.4, -0.2) is 22.7 Å². The minimum absolute atomic E-state index is 0.156. The van der Waals surface area contributed by atoms with E-state index in [0.717, 1.165) is 17.0 Å². The van der Waals surface area contributed by atoms with E-state index in [9.17, 15) is 14.4 Å². The Morgan fingerprint density at radius 2 is 1.58 bits per heavy atom. The molecule has 122 valence electrons. The SMILES string of the molecule is O=C(Cc1ccccc1)NN1C(=O)[C@@H]2[C@H]3C=C[C@@H]([C@@H]4C[C@H]34)[C@@H]2C1=O. The first-order chi connectivity index (χ1) is 11.6. The Labute approximate surface area is 139 Å². The second kappa shape index (κ2) is 4.79. The molecule has 24 heavy (non-hydrogen) atoms. The number of carbonyl (C=O) groups excluding carboxylic acids is 3. The maximum Gasteiger partial charge on any atom is 0.252 e. The van der Waals surface area contributed by atoms with Crippen molar-refractivity contribution in [3.8, 4) is 0 Å². The van der Waals surface area contributed by atoms with Crippen LogP contribution >= 0.6 is 0 Å². The van der Waals surface area contributed by atoms with Crippen LogP contribution in [-0.2, 0) is 20.8 Å². The van der Waals surface area contributed by atoms with Gasteiger partial charge >= 0.3 is 0 Å². The number of carbonyl (C=O) groups is 3. The van der Waals surface area contributed by atoms with E-state index >= 15 is 0 Å². The quantitative estimate of drug-likeness (QED) is 0.674. The van der Waals surface area contributed by atoms with Crippen molar-refractivity contribution in [1.82, 2.24) is 10.4 Å². The van der Waals surface area contributed by atoms with E-state index in [-0.39, 0.29) is 47.8 Å². The predicted molar refractivity (Wildman–Crippen MR) is 84.8 cm³/mol. The lowest BCUT2D eigenvalue weighted by molar-refractivity contribution is -0.149. The number of imide groups is 1. The molecule has 2 bridgehead atoms. The van der Waals surface area contributed by atoms with Crippen LogP contribution < -0.4 is 5.43 Å². The Balaban J connectivity index is 1.34. The number of hydrogen-bond donors (Lipinski definition) is 1. The molecule has 1 aliphatic heterocycles. The molecule has 0 spiro atoms. The zero-order chi connectivity index (χ0) is 16.4. The number of nitrogens with zero attached hydrogens (tertiary/aromatic N) is 1. The van der Waals surface area contributed by atoms with Crippen LogP contribution in [0.3, 0.4) is 0 Å². The Kier molecular flexibility index (Phi) is 2.78. The minimum atomic E-state index is -0.327. The van der Waals surface area contributed by atoms with E-state index in [1.807, 2.05) is 30.3 Å². The number of hydrazine groups is 1. The second-order valence-electron chi connectivity index (χ2n) is 7.36. The summed E-state index contributed by atoms with van der Waals surface area (Å²) in [5.41, 5.74) is 3.41. The zero-order valence-electron chi connectivity index (χ0n) is 13.1. The fourth-order valence-electron chi connectivity index (χ4n) is 5.01. The van der Waals surface area contributed by atoms with Crippen molar-refractivity contribution in [2.45, 2.75) is 12.8 Å². The van der Waals surface area contributed by atoms with Crippen LogP contribution in [0.2, 0.25) is 0 Å². The summed E-state index contributed by atoms with van der Waals surface area (Å²) < 4.78 is 0. The molecule has 1 N–H and O–H groups in total. The molecule has 4 aliphatic carbocycles. The van der Waals surface area contributed by atoms with E-state index in [1.54, 1.807) is 0 Å². The van der Waals surface area contributed by atoms with Gasteiger partial charge < -0.3 is 0 Å². The highest BCUT2D eigenvalue weighted by Gasteiger charge is 2.67. The van der Waals surface area contributed by atoms with Crippen LogP contribution in [0.15, 0.2) is 42.5 Å². The number of hydrogen-bond acceptors (Lipinski definition) is 3. The average molecular weight is 322 g/mol. The van der Waals surface area contributed by atoms with Crippen molar-refractivity contribution in [3.63, 3.8) is 0 Å². The lowest BCUT2D eigenvalue weighted by Gasteiger charge is -2.37. The van der Waals surface area contributed by atoms with Crippen LogP contribution in [0.25, 0.3) is 0 Å². The summed E-state index contributed by atoms with van der Waals surface area (Å²) in [6.07, 6.45) is 5.54. The summed E-state index contributed by atoms with van der Waals surface area (Å²) in [4.78, 5) is 37.7. The standard InChI is InChI=1S/C19H18N2O3/c22-15(8-10-4-2-1-3-5-10)20-21-18(23)16-11-6-7-12(14-9-13(11)14)17(16)19(21)24/h1-7,11-14,16-17H,8-9H2,(H,20,22)/t11-,12-,13-,14+,16-,17+/m0/s1. The second-order valence-corrected chi connectivity index (χ2v) is 7.36. The molecule has 1 aromatic rings. The van der Waals surface area contributed by atoms with Crippen molar-refractivity contribution in [1.29, 1.82) is 0 Å². The van der Waals surface area contributed by atoms with E-state index in [1.165, 1.54) is 0 Å². The number of allylic oxidation sites excluding steroid dienone is 2. The van der Waals surface area contributed by atoms with Gasteiger partial charge in [-0.1, -0.05) is 42.5 Å². The Hall–Kier alpha value is -2.43. The smallest absolute Gasteiger partial charge is 0.252 e. The summed E-state index contributed by atoms with van der Waals surface area (Å²) in [6, 6.07) is 9.31. The predicted octanol–water partition coefficient (Wildman–Crippen LogP) is 1.31. The van der Waals surface area contributed by atoms with Gasteiger partial charge in [0, 0.05) is 0 Å². The van der Waals surface area contributed by atoms with Crippen LogP contribution in [0.5, 0.6) is 0 Å². The van der Waals surface area contributed by atoms with Crippen molar-refractivity contribution in [2.24, 2.45) is 35.5 Å². The zero-order valence-corrected chi connectivity index (χ0v) is 13.1. The first kappa shape index (κ1) is 14.0. The summed E-state index contributed by atoms with van der Waals surface area (Å²) in [7, 11) is 0. The molecular formula is C19H18N2O3. The molecule has 6 atom stereocenters. The van der Waals surface area contributed by atoms with Crippen molar-refractivity contribution in [3.05, 3.63) is 48.0 Å². The maximum atomic E-state index is 12.7. The van der Waals surface area contributed by atoms with Gasteiger partial charge in [0.1, 0.15) is 0 Å². The highest BCUT2D eigenvalue weighted by Crippen LogP contribution is 2.65. The van der Waals surface area contributed by atoms with Crippen LogP contribution in [0.1, 0.15) is 12.0 Å². The number of amides is 3. The van der Waals surface area contributed by atoms with Gasteiger partial charge in [0.05, 0.1) is 18.3 Å². The Morgan fingerprint density at radius 3 is 2.17 bits per heavy atom. The van der Waals surface area contributed by atoms with Gasteiger partial charge in [-0.05, 0) is 35.7 Å². The molecule has 1 heterocycles. The molecule has 5 aliphatic rings. The summed E-state index contributed by atoms with van der Waals surface area (Å²) in [5, 5.41) is 0.998. The molecule has 3 fully saturated rings. The topological polar surface area (TPSA) is 66.5 Å². The Bertz CT molecular complexity index is 736.